The first-order valence-corrected chi connectivity index (χ1v) is 7.02. The predicted octanol–water partition coefficient (Wildman–Crippen LogP) is 2.68. The molecule has 1 saturated heterocycles. The Bertz CT molecular complexity index is 445. The first-order valence-electron chi connectivity index (χ1n) is 6.64. The molecule has 1 aromatic carbocycles. The van der Waals surface area contributed by atoms with Gasteiger partial charge in [0.25, 0.3) is 0 Å². The molecule has 1 fully saturated rings. The highest BCUT2D eigenvalue weighted by Crippen LogP contribution is 2.28. The van der Waals surface area contributed by atoms with Crippen molar-refractivity contribution < 1.29 is 9.53 Å². The van der Waals surface area contributed by atoms with Crippen LogP contribution < -0.4 is 15.4 Å². The number of benzene rings is 1. The second kappa shape index (κ2) is 6.78. The number of piperidine rings is 1. The van der Waals surface area contributed by atoms with E-state index >= 15 is 0 Å². The van der Waals surface area contributed by atoms with Gasteiger partial charge in [0.15, 0.2) is 0 Å². The summed E-state index contributed by atoms with van der Waals surface area (Å²) in [6, 6.07) is 5.26. The van der Waals surface area contributed by atoms with Crippen molar-refractivity contribution in [3.8, 4) is 5.75 Å². The lowest BCUT2D eigenvalue weighted by Crippen LogP contribution is -2.37. The van der Waals surface area contributed by atoms with Crippen molar-refractivity contribution in [2.75, 3.05) is 25.0 Å². The zero-order valence-electron chi connectivity index (χ0n) is 11.0. The third kappa shape index (κ3) is 3.85. The Hall–Kier alpha value is -1.26. The van der Waals surface area contributed by atoms with Gasteiger partial charge in [-0.3, -0.25) is 4.79 Å². The minimum Gasteiger partial charge on any atom is -0.492 e. The minimum absolute atomic E-state index is 0.0159. The van der Waals surface area contributed by atoms with Gasteiger partial charge in [0.2, 0.25) is 5.91 Å². The average molecular weight is 283 g/mol. The molecule has 1 aliphatic heterocycles. The molecular weight excluding hydrogens is 264 g/mol. The van der Waals surface area contributed by atoms with Gasteiger partial charge in [-0.15, -0.1) is 0 Å². The molecule has 0 aliphatic carbocycles. The molecule has 1 amide bonds. The number of hydrogen-bond donors (Lipinski definition) is 2. The van der Waals surface area contributed by atoms with Crippen LogP contribution in [0.25, 0.3) is 0 Å². The summed E-state index contributed by atoms with van der Waals surface area (Å²) >= 11 is 5.97. The van der Waals surface area contributed by atoms with E-state index in [1.54, 1.807) is 18.2 Å². The Morgan fingerprint density at radius 3 is 3.11 bits per heavy atom. The van der Waals surface area contributed by atoms with Crippen LogP contribution in [-0.4, -0.2) is 25.6 Å². The molecule has 0 spiro atoms. The van der Waals surface area contributed by atoms with Gasteiger partial charge < -0.3 is 15.4 Å². The second-order valence-electron chi connectivity index (χ2n) is 4.61. The van der Waals surface area contributed by atoms with Crippen LogP contribution in [0.15, 0.2) is 18.2 Å². The summed E-state index contributed by atoms with van der Waals surface area (Å²) in [6.45, 7) is 4.18. The molecule has 2 rings (SSSR count). The Morgan fingerprint density at radius 2 is 2.42 bits per heavy atom. The first kappa shape index (κ1) is 14.2. The summed E-state index contributed by atoms with van der Waals surface area (Å²) in [6.07, 6.45) is 1.95. The summed E-state index contributed by atoms with van der Waals surface area (Å²) < 4.78 is 5.49. The molecule has 1 atom stereocenters. The molecule has 1 aromatic rings. The van der Waals surface area contributed by atoms with Crippen LogP contribution in [0.1, 0.15) is 19.8 Å². The van der Waals surface area contributed by atoms with Crippen molar-refractivity contribution in [2.24, 2.45) is 5.92 Å². The lowest BCUT2D eigenvalue weighted by Gasteiger charge is -2.22. The van der Waals surface area contributed by atoms with E-state index in [-0.39, 0.29) is 11.8 Å². The number of rotatable bonds is 4. The molecule has 4 nitrogen and oxygen atoms in total. The van der Waals surface area contributed by atoms with Gasteiger partial charge in [0, 0.05) is 11.6 Å². The molecule has 104 valence electrons. The summed E-state index contributed by atoms with van der Waals surface area (Å²) in [7, 11) is 0. The topological polar surface area (TPSA) is 50.4 Å². The van der Waals surface area contributed by atoms with Crippen LogP contribution in [0.5, 0.6) is 5.75 Å². The first-order chi connectivity index (χ1) is 9.20. The Kier molecular flexibility index (Phi) is 5.05. The van der Waals surface area contributed by atoms with Gasteiger partial charge in [-0.1, -0.05) is 11.6 Å². The molecule has 2 N–H and O–H groups in total. The van der Waals surface area contributed by atoms with E-state index in [1.807, 2.05) is 6.92 Å². The van der Waals surface area contributed by atoms with E-state index in [1.165, 1.54) is 0 Å². The number of ether oxygens (including phenoxy) is 1. The molecule has 1 unspecified atom stereocenters. The molecule has 0 aromatic heterocycles. The fourth-order valence-electron chi connectivity index (χ4n) is 2.19. The smallest absolute Gasteiger partial charge is 0.228 e. The van der Waals surface area contributed by atoms with Crippen molar-refractivity contribution >= 4 is 23.2 Å². The highest BCUT2D eigenvalue weighted by Gasteiger charge is 2.21. The number of anilines is 1. The third-order valence-electron chi connectivity index (χ3n) is 3.17. The van der Waals surface area contributed by atoms with Crippen molar-refractivity contribution in [3.05, 3.63) is 23.2 Å². The van der Waals surface area contributed by atoms with Crippen LogP contribution in [0, 0.1) is 5.92 Å². The maximum absolute atomic E-state index is 12.2. The normalized spacial score (nSPS) is 18.9. The number of carbonyl (C=O) groups excluding carboxylic acids is 1. The molecule has 19 heavy (non-hydrogen) atoms. The highest BCUT2D eigenvalue weighted by molar-refractivity contribution is 6.31. The van der Waals surface area contributed by atoms with Crippen LogP contribution >= 0.6 is 11.6 Å². The number of hydrogen-bond acceptors (Lipinski definition) is 3. The highest BCUT2D eigenvalue weighted by atomic mass is 35.5. The van der Waals surface area contributed by atoms with Gasteiger partial charge in [-0.25, -0.2) is 0 Å². The Morgan fingerprint density at radius 1 is 1.58 bits per heavy atom. The number of carbonyl (C=O) groups is 1. The fraction of sp³-hybridized carbons (Fsp3) is 0.500. The van der Waals surface area contributed by atoms with Crippen LogP contribution in [0.4, 0.5) is 5.69 Å². The number of nitrogens with one attached hydrogen (secondary N) is 2. The van der Waals surface area contributed by atoms with E-state index < -0.39 is 0 Å². The van der Waals surface area contributed by atoms with Crippen LogP contribution in [0.3, 0.4) is 0 Å². The summed E-state index contributed by atoms with van der Waals surface area (Å²) in [5.41, 5.74) is 0.643. The maximum atomic E-state index is 12.2. The minimum atomic E-state index is 0.0159. The van der Waals surface area contributed by atoms with Crippen molar-refractivity contribution in [2.45, 2.75) is 19.8 Å². The predicted molar refractivity (Wildman–Crippen MR) is 76.8 cm³/mol. The summed E-state index contributed by atoms with van der Waals surface area (Å²) in [5, 5.41) is 6.74. The lowest BCUT2D eigenvalue weighted by molar-refractivity contribution is -0.120. The average Bonchev–Trinajstić information content (AvgIpc) is 2.43. The van der Waals surface area contributed by atoms with Gasteiger partial charge in [-0.2, -0.15) is 0 Å². The van der Waals surface area contributed by atoms with Crippen molar-refractivity contribution in [1.29, 1.82) is 0 Å². The van der Waals surface area contributed by atoms with Gasteiger partial charge >= 0.3 is 0 Å². The van der Waals surface area contributed by atoms with Crippen molar-refractivity contribution in [1.82, 2.24) is 5.32 Å². The lowest BCUT2D eigenvalue weighted by atomic mass is 9.99. The summed E-state index contributed by atoms with van der Waals surface area (Å²) in [4.78, 5) is 12.2. The molecular formula is C14H19ClN2O2. The molecule has 1 aliphatic rings. The van der Waals surface area contributed by atoms with E-state index in [9.17, 15) is 4.79 Å². The van der Waals surface area contributed by atoms with E-state index in [2.05, 4.69) is 10.6 Å². The van der Waals surface area contributed by atoms with Crippen LogP contribution in [0.2, 0.25) is 5.02 Å². The molecule has 0 saturated carbocycles. The quantitative estimate of drug-likeness (QED) is 0.893. The zero-order chi connectivity index (χ0) is 13.7. The molecule has 5 heteroatoms. The largest absolute Gasteiger partial charge is 0.492 e. The monoisotopic (exact) mass is 282 g/mol. The van der Waals surface area contributed by atoms with E-state index in [0.717, 1.165) is 25.9 Å². The second-order valence-corrected chi connectivity index (χ2v) is 5.04. The Balaban J connectivity index is 2.08. The Labute approximate surface area is 118 Å². The zero-order valence-corrected chi connectivity index (χ0v) is 11.8. The number of halogens is 1. The standard InChI is InChI=1S/C14H19ClN2O2/c1-2-19-13-6-5-11(15)8-12(13)17-14(18)10-4-3-7-16-9-10/h5-6,8,10,16H,2-4,7,9H2,1H3,(H,17,18). The molecule has 0 radical (unpaired) electrons. The van der Waals surface area contributed by atoms with Crippen molar-refractivity contribution in [3.63, 3.8) is 0 Å². The van der Waals surface area contributed by atoms with Gasteiger partial charge in [-0.05, 0) is 44.5 Å². The van der Waals surface area contributed by atoms with E-state index in [0.29, 0.717) is 23.1 Å². The van der Waals surface area contributed by atoms with Gasteiger partial charge in [0.1, 0.15) is 5.75 Å². The van der Waals surface area contributed by atoms with E-state index in [4.69, 9.17) is 16.3 Å². The molecule has 0 bridgehead atoms. The SMILES string of the molecule is CCOc1ccc(Cl)cc1NC(=O)C1CCCNC1. The fourth-order valence-corrected chi connectivity index (χ4v) is 2.36. The molecule has 1 heterocycles. The number of amides is 1. The third-order valence-corrected chi connectivity index (χ3v) is 3.40. The summed E-state index contributed by atoms with van der Waals surface area (Å²) in [5.74, 6) is 0.696. The van der Waals surface area contributed by atoms with Gasteiger partial charge in [0.05, 0.1) is 18.2 Å². The maximum Gasteiger partial charge on any atom is 0.228 e. The van der Waals surface area contributed by atoms with Crippen LogP contribution in [-0.2, 0) is 4.79 Å².